The highest BCUT2D eigenvalue weighted by Crippen LogP contribution is 2.56. The molecule has 5 atom stereocenters. The summed E-state index contributed by atoms with van der Waals surface area (Å²) in [6.45, 7) is 1.07. The molecule has 0 spiro atoms. The second-order valence-electron chi connectivity index (χ2n) is 7.27. The number of benzene rings is 1. The van der Waals surface area contributed by atoms with Gasteiger partial charge in [0, 0.05) is 16.5 Å². The van der Waals surface area contributed by atoms with Crippen molar-refractivity contribution in [1.29, 1.82) is 0 Å². The number of carbonyl (C=O) groups excluding carboxylic acids is 2. The topological polar surface area (TPSA) is 105 Å². The van der Waals surface area contributed by atoms with Gasteiger partial charge in [-0.25, -0.2) is 9.71 Å². The lowest BCUT2D eigenvalue weighted by Gasteiger charge is -2.54. The van der Waals surface area contributed by atoms with E-state index in [1.807, 2.05) is 0 Å². The fourth-order valence-electron chi connectivity index (χ4n) is 3.91. The van der Waals surface area contributed by atoms with E-state index in [9.17, 15) is 50.5 Å². The van der Waals surface area contributed by atoms with Crippen LogP contribution in [0.25, 0.3) is 0 Å². The van der Waals surface area contributed by atoms with Crippen molar-refractivity contribution in [3.8, 4) is 0 Å². The minimum Gasteiger partial charge on any atom is -0.466 e. The van der Waals surface area contributed by atoms with Crippen molar-refractivity contribution in [2.75, 3.05) is 13.2 Å². The minimum absolute atomic E-state index is 0.590. The SMILES string of the molecule is CCOC(=O)[C@H]1C(c2c(F)cccc2Cl)[C@H](C(=O)OCC)[C@](O)(C(F)(F)F)N[C@]1(O)C(F)(F)F. The number of nitrogens with one attached hydrogen (secondary N) is 1. The van der Waals surface area contributed by atoms with Crippen molar-refractivity contribution >= 4 is 23.5 Å². The quantitative estimate of drug-likeness (QED) is 0.401. The number of hydrogen-bond donors (Lipinski definition) is 3. The fraction of sp³-hybridized carbons (Fsp3) is 0.579. The standard InChI is InChI=1S/C19H19ClF7NO6/c1-3-33-14(29)12-11(10-8(20)6-5-7-9(10)21)13(15(30)34-4-2)17(32,19(25,26)27)28-16(12,31)18(22,23)24/h5-7,11-13,28,31-32H,3-4H2,1-2H3/t11?,12-,13-,16-,17+/m1/s1. The molecule has 0 aromatic heterocycles. The number of esters is 2. The maximum atomic E-state index is 14.8. The molecule has 2 rings (SSSR count). The van der Waals surface area contributed by atoms with Crippen LogP contribution in [0.5, 0.6) is 0 Å². The number of ether oxygens (including phenoxy) is 2. The first-order chi connectivity index (χ1) is 15.5. The second kappa shape index (κ2) is 9.47. The molecule has 1 heterocycles. The number of aliphatic hydroxyl groups is 2. The smallest absolute Gasteiger partial charge is 0.432 e. The van der Waals surface area contributed by atoms with Gasteiger partial charge in [0.2, 0.25) is 11.4 Å². The molecule has 1 aromatic carbocycles. The molecule has 0 aliphatic carbocycles. The Kier molecular flexibility index (Phi) is 7.82. The normalized spacial score (nSPS) is 30.1. The lowest BCUT2D eigenvalue weighted by Crippen LogP contribution is -2.81. The van der Waals surface area contributed by atoms with Crippen molar-refractivity contribution in [3.63, 3.8) is 0 Å². The molecule has 1 aliphatic rings. The van der Waals surface area contributed by atoms with Crippen LogP contribution in [-0.2, 0) is 19.1 Å². The molecule has 34 heavy (non-hydrogen) atoms. The number of halogens is 8. The molecule has 7 nitrogen and oxygen atoms in total. The summed E-state index contributed by atoms with van der Waals surface area (Å²) in [5.74, 6) is -14.5. The van der Waals surface area contributed by atoms with Gasteiger partial charge >= 0.3 is 24.3 Å². The van der Waals surface area contributed by atoms with Crippen LogP contribution >= 0.6 is 11.6 Å². The largest absolute Gasteiger partial charge is 0.466 e. The fourth-order valence-corrected chi connectivity index (χ4v) is 4.20. The maximum absolute atomic E-state index is 14.8. The summed E-state index contributed by atoms with van der Waals surface area (Å²) in [6.07, 6.45) is -12.2. The molecular weight excluding hydrogens is 507 g/mol. The van der Waals surface area contributed by atoms with E-state index < -0.39 is 83.1 Å². The molecule has 1 saturated heterocycles. The molecule has 0 radical (unpaired) electrons. The van der Waals surface area contributed by atoms with E-state index in [0.29, 0.717) is 11.4 Å². The van der Waals surface area contributed by atoms with Gasteiger partial charge < -0.3 is 19.7 Å². The molecular formula is C19H19ClF7NO6. The first-order valence-electron chi connectivity index (χ1n) is 9.62. The Bertz CT molecular complexity index is 874. The molecule has 1 unspecified atom stereocenters. The van der Waals surface area contributed by atoms with E-state index >= 15 is 0 Å². The van der Waals surface area contributed by atoms with E-state index in [4.69, 9.17) is 11.6 Å². The van der Waals surface area contributed by atoms with Gasteiger partial charge in [-0.3, -0.25) is 9.59 Å². The third-order valence-electron chi connectivity index (χ3n) is 5.28. The lowest BCUT2D eigenvalue weighted by molar-refractivity contribution is -0.376. The van der Waals surface area contributed by atoms with Gasteiger partial charge in [-0.1, -0.05) is 17.7 Å². The van der Waals surface area contributed by atoms with Gasteiger partial charge in [-0.15, -0.1) is 0 Å². The van der Waals surface area contributed by atoms with Crippen LogP contribution in [0.4, 0.5) is 30.7 Å². The monoisotopic (exact) mass is 525 g/mol. The third kappa shape index (κ3) is 4.55. The summed E-state index contributed by atoms with van der Waals surface area (Å²) >= 11 is 5.88. The Morgan fingerprint density at radius 3 is 1.71 bits per heavy atom. The van der Waals surface area contributed by atoms with Crippen LogP contribution in [0.2, 0.25) is 5.02 Å². The molecule has 1 fully saturated rings. The molecule has 1 aromatic rings. The Labute approximate surface area is 192 Å². The predicted octanol–water partition coefficient (Wildman–Crippen LogP) is 3.03. The lowest BCUT2D eigenvalue weighted by atomic mass is 9.64. The maximum Gasteiger partial charge on any atom is 0.432 e. The van der Waals surface area contributed by atoms with Crippen molar-refractivity contribution in [3.05, 3.63) is 34.6 Å². The van der Waals surface area contributed by atoms with Gasteiger partial charge in [0.15, 0.2) is 0 Å². The average Bonchev–Trinajstić information content (AvgIpc) is 2.66. The average molecular weight is 526 g/mol. The van der Waals surface area contributed by atoms with Gasteiger partial charge in [0.25, 0.3) is 0 Å². The first kappa shape index (κ1) is 28.1. The molecule has 0 saturated carbocycles. The van der Waals surface area contributed by atoms with Crippen LogP contribution in [-0.4, -0.2) is 59.2 Å². The second-order valence-corrected chi connectivity index (χ2v) is 7.68. The van der Waals surface area contributed by atoms with Crippen LogP contribution in [0.1, 0.15) is 25.3 Å². The summed E-state index contributed by atoms with van der Waals surface area (Å²) in [5.41, 5.74) is -10.9. The highest BCUT2D eigenvalue weighted by molar-refractivity contribution is 6.31. The van der Waals surface area contributed by atoms with Crippen molar-refractivity contribution in [2.24, 2.45) is 11.8 Å². The number of piperidine rings is 1. The molecule has 15 heteroatoms. The zero-order valence-corrected chi connectivity index (χ0v) is 18.2. The van der Waals surface area contributed by atoms with Crippen molar-refractivity contribution < 1.29 is 60.0 Å². The van der Waals surface area contributed by atoms with Gasteiger partial charge in [-0.05, 0) is 26.0 Å². The third-order valence-corrected chi connectivity index (χ3v) is 5.61. The van der Waals surface area contributed by atoms with Gasteiger partial charge in [0.05, 0.1) is 13.2 Å². The zero-order valence-electron chi connectivity index (χ0n) is 17.4. The van der Waals surface area contributed by atoms with Crippen LogP contribution in [0, 0.1) is 17.7 Å². The Morgan fingerprint density at radius 2 is 1.38 bits per heavy atom. The van der Waals surface area contributed by atoms with Gasteiger partial charge in [-0.2, -0.15) is 26.3 Å². The van der Waals surface area contributed by atoms with E-state index in [2.05, 4.69) is 9.47 Å². The summed E-state index contributed by atoms with van der Waals surface area (Å²) in [5, 5.41) is 20.8. The molecule has 0 bridgehead atoms. The summed E-state index contributed by atoms with van der Waals surface area (Å²) in [7, 11) is 0. The Hall–Kier alpha value is -2.16. The highest BCUT2D eigenvalue weighted by atomic mass is 35.5. The van der Waals surface area contributed by atoms with Crippen molar-refractivity contribution in [1.82, 2.24) is 5.32 Å². The number of rotatable bonds is 5. The first-order valence-corrected chi connectivity index (χ1v) is 10.00. The van der Waals surface area contributed by atoms with Crippen molar-refractivity contribution in [2.45, 2.75) is 43.6 Å². The Balaban J connectivity index is 3.06. The number of carbonyl (C=O) groups is 2. The molecule has 192 valence electrons. The Morgan fingerprint density at radius 1 is 0.971 bits per heavy atom. The zero-order chi connectivity index (χ0) is 26.3. The highest BCUT2D eigenvalue weighted by Gasteiger charge is 2.78. The van der Waals surface area contributed by atoms with E-state index in [-0.39, 0.29) is 0 Å². The molecule has 3 N–H and O–H groups in total. The van der Waals surface area contributed by atoms with Crippen LogP contribution in [0.3, 0.4) is 0 Å². The molecule has 0 amide bonds. The van der Waals surface area contributed by atoms with E-state index in [1.54, 1.807) is 0 Å². The molecule has 1 aliphatic heterocycles. The number of hydrogen-bond acceptors (Lipinski definition) is 7. The minimum atomic E-state index is -6.08. The summed E-state index contributed by atoms with van der Waals surface area (Å²) in [6, 6.07) is 2.41. The van der Waals surface area contributed by atoms with E-state index in [1.165, 1.54) is 0 Å². The van der Waals surface area contributed by atoms with Crippen LogP contribution < -0.4 is 5.32 Å². The summed E-state index contributed by atoms with van der Waals surface area (Å²) < 4.78 is 108. The summed E-state index contributed by atoms with van der Waals surface area (Å²) in [4.78, 5) is 25.3. The number of alkyl halides is 6. The predicted molar refractivity (Wildman–Crippen MR) is 99.5 cm³/mol. The van der Waals surface area contributed by atoms with E-state index in [0.717, 1.165) is 26.0 Å². The van der Waals surface area contributed by atoms with Gasteiger partial charge in [0.1, 0.15) is 17.7 Å². The van der Waals surface area contributed by atoms with Crippen LogP contribution in [0.15, 0.2) is 18.2 Å².